The van der Waals surface area contributed by atoms with Crippen molar-refractivity contribution in [2.45, 2.75) is 26.3 Å². The molecule has 1 heterocycles. The molecular formula is C15H22N2. The first-order valence-corrected chi connectivity index (χ1v) is 6.44. The zero-order valence-corrected chi connectivity index (χ0v) is 11.1. The number of hydrogen-bond acceptors (Lipinski definition) is 1. The summed E-state index contributed by atoms with van der Waals surface area (Å²) in [6.45, 7) is 4.46. The molecule has 0 spiro atoms. The van der Waals surface area contributed by atoms with Crippen LogP contribution in [0.1, 0.15) is 18.9 Å². The quantitative estimate of drug-likeness (QED) is 0.766. The zero-order chi connectivity index (χ0) is 12.3. The van der Waals surface area contributed by atoms with Gasteiger partial charge < -0.3 is 9.47 Å². The molecule has 0 amide bonds. The van der Waals surface area contributed by atoms with Crippen molar-refractivity contribution in [1.82, 2.24) is 9.47 Å². The SMILES string of the molecule is CCCn1cc(CCN(C)C)c2ccccc21. The lowest BCUT2D eigenvalue weighted by atomic mass is 10.1. The van der Waals surface area contributed by atoms with Crippen molar-refractivity contribution in [1.29, 1.82) is 0 Å². The summed E-state index contributed by atoms with van der Waals surface area (Å²) < 4.78 is 2.39. The number of aromatic nitrogens is 1. The van der Waals surface area contributed by atoms with Gasteiger partial charge in [-0.2, -0.15) is 0 Å². The lowest BCUT2D eigenvalue weighted by molar-refractivity contribution is 0.414. The van der Waals surface area contributed by atoms with Crippen LogP contribution >= 0.6 is 0 Å². The van der Waals surface area contributed by atoms with Gasteiger partial charge in [0.25, 0.3) is 0 Å². The van der Waals surface area contributed by atoms with E-state index in [2.05, 4.69) is 60.9 Å². The molecule has 92 valence electrons. The highest BCUT2D eigenvalue weighted by molar-refractivity contribution is 5.84. The van der Waals surface area contributed by atoms with E-state index in [4.69, 9.17) is 0 Å². The van der Waals surface area contributed by atoms with Gasteiger partial charge in [-0.3, -0.25) is 0 Å². The number of fused-ring (bicyclic) bond motifs is 1. The third-order valence-corrected chi connectivity index (χ3v) is 3.16. The topological polar surface area (TPSA) is 8.17 Å². The Morgan fingerprint density at radius 1 is 1.18 bits per heavy atom. The summed E-state index contributed by atoms with van der Waals surface area (Å²) in [5.74, 6) is 0. The van der Waals surface area contributed by atoms with Crippen molar-refractivity contribution >= 4 is 10.9 Å². The van der Waals surface area contributed by atoms with Gasteiger partial charge in [0.15, 0.2) is 0 Å². The number of likely N-dealkylation sites (N-methyl/N-ethyl adjacent to an activating group) is 1. The molecule has 1 aromatic heterocycles. The number of benzene rings is 1. The highest BCUT2D eigenvalue weighted by Gasteiger charge is 2.07. The van der Waals surface area contributed by atoms with Gasteiger partial charge >= 0.3 is 0 Å². The number of hydrogen-bond donors (Lipinski definition) is 0. The summed E-state index contributed by atoms with van der Waals surface area (Å²) >= 11 is 0. The van der Waals surface area contributed by atoms with Gasteiger partial charge in [0, 0.05) is 30.2 Å². The van der Waals surface area contributed by atoms with E-state index in [-0.39, 0.29) is 0 Å². The fourth-order valence-corrected chi connectivity index (χ4v) is 2.29. The second kappa shape index (κ2) is 5.37. The molecule has 0 saturated carbocycles. The molecule has 2 heteroatoms. The monoisotopic (exact) mass is 230 g/mol. The maximum atomic E-state index is 2.39. The maximum absolute atomic E-state index is 2.39. The summed E-state index contributed by atoms with van der Waals surface area (Å²) in [7, 11) is 4.26. The maximum Gasteiger partial charge on any atom is 0.0483 e. The predicted octanol–water partition coefficient (Wildman–Crippen LogP) is 3.16. The highest BCUT2D eigenvalue weighted by atomic mass is 15.0. The second-order valence-electron chi connectivity index (χ2n) is 4.92. The molecule has 2 nitrogen and oxygen atoms in total. The second-order valence-corrected chi connectivity index (χ2v) is 4.92. The molecule has 0 bridgehead atoms. The first-order chi connectivity index (χ1) is 8.22. The van der Waals surface area contributed by atoms with Crippen LogP contribution in [0.4, 0.5) is 0 Å². The van der Waals surface area contributed by atoms with Crippen molar-refractivity contribution in [3.63, 3.8) is 0 Å². The van der Waals surface area contributed by atoms with Crippen LogP contribution in [0.2, 0.25) is 0 Å². The molecule has 0 radical (unpaired) electrons. The van der Waals surface area contributed by atoms with Crippen molar-refractivity contribution in [3.05, 3.63) is 36.0 Å². The van der Waals surface area contributed by atoms with E-state index in [1.54, 1.807) is 0 Å². The van der Waals surface area contributed by atoms with E-state index in [0.717, 1.165) is 19.5 Å². The first kappa shape index (κ1) is 12.2. The third kappa shape index (κ3) is 2.70. The van der Waals surface area contributed by atoms with Crippen LogP contribution in [0, 0.1) is 0 Å². The molecule has 0 unspecified atom stereocenters. The molecular weight excluding hydrogens is 208 g/mol. The normalized spacial score (nSPS) is 11.5. The summed E-state index contributed by atoms with van der Waals surface area (Å²) in [4.78, 5) is 2.24. The lowest BCUT2D eigenvalue weighted by Crippen LogP contribution is -2.14. The van der Waals surface area contributed by atoms with Crippen molar-refractivity contribution in [3.8, 4) is 0 Å². The molecule has 0 atom stereocenters. The summed E-state index contributed by atoms with van der Waals surface area (Å²) in [5, 5.41) is 1.42. The van der Waals surface area contributed by atoms with E-state index in [1.165, 1.54) is 22.9 Å². The Labute approximate surface area is 104 Å². The largest absolute Gasteiger partial charge is 0.347 e. The summed E-state index contributed by atoms with van der Waals surface area (Å²) in [5.41, 5.74) is 2.85. The average Bonchev–Trinajstić information content (AvgIpc) is 2.66. The number of rotatable bonds is 5. The summed E-state index contributed by atoms with van der Waals surface area (Å²) in [6, 6.07) is 8.73. The number of para-hydroxylation sites is 1. The minimum atomic E-state index is 1.11. The van der Waals surface area contributed by atoms with Crippen LogP contribution in [-0.4, -0.2) is 30.1 Å². The van der Waals surface area contributed by atoms with Gasteiger partial charge in [-0.25, -0.2) is 0 Å². The molecule has 0 aliphatic heterocycles. The van der Waals surface area contributed by atoms with Gasteiger partial charge in [-0.05, 0) is 38.6 Å². The Bertz CT molecular complexity index is 483. The third-order valence-electron chi connectivity index (χ3n) is 3.16. The number of aryl methyl sites for hydroxylation is 1. The van der Waals surface area contributed by atoms with E-state index in [9.17, 15) is 0 Å². The molecule has 17 heavy (non-hydrogen) atoms. The van der Waals surface area contributed by atoms with Crippen LogP contribution in [-0.2, 0) is 13.0 Å². The van der Waals surface area contributed by atoms with Crippen LogP contribution < -0.4 is 0 Å². The van der Waals surface area contributed by atoms with Crippen molar-refractivity contribution < 1.29 is 0 Å². The molecule has 2 rings (SSSR count). The van der Waals surface area contributed by atoms with Crippen molar-refractivity contribution in [2.24, 2.45) is 0 Å². The number of nitrogens with zero attached hydrogens (tertiary/aromatic N) is 2. The molecule has 0 N–H and O–H groups in total. The Morgan fingerprint density at radius 3 is 2.65 bits per heavy atom. The Hall–Kier alpha value is -1.28. The van der Waals surface area contributed by atoms with Gasteiger partial charge in [0.05, 0.1) is 0 Å². The average molecular weight is 230 g/mol. The minimum absolute atomic E-state index is 1.11. The minimum Gasteiger partial charge on any atom is -0.347 e. The first-order valence-electron chi connectivity index (χ1n) is 6.44. The Morgan fingerprint density at radius 2 is 1.94 bits per heavy atom. The van der Waals surface area contributed by atoms with E-state index < -0.39 is 0 Å². The Kier molecular flexibility index (Phi) is 3.85. The van der Waals surface area contributed by atoms with Crippen LogP contribution in [0.5, 0.6) is 0 Å². The van der Waals surface area contributed by atoms with Crippen molar-refractivity contribution in [2.75, 3.05) is 20.6 Å². The Balaban J connectivity index is 2.34. The molecule has 1 aromatic carbocycles. The standard InChI is InChI=1S/C15H22N2/c1-4-10-17-12-13(9-11-16(2)3)14-7-5-6-8-15(14)17/h5-8,12H,4,9-11H2,1-3H3. The van der Waals surface area contributed by atoms with Crippen LogP contribution in [0.3, 0.4) is 0 Å². The molecule has 0 fully saturated rings. The predicted molar refractivity (Wildman–Crippen MR) is 74.5 cm³/mol. The molecule has 2 aromatic rings. The molecule has 0 aliphatic carbocycles. The summed E-state index contributed by atoms with van der Waals surface area (Å²) in [6.07, 6.45) is 4.65. The fourth-order valence-electron chi connectivity index (χ4n) is 2.29. The van der Waals surface area contributed by atoms with Gasteiger partial charge in [-0.15, -0.1) is 0 Å². The molecule has 0 aliphatic rings. The van der Waals surface area contributed by atoms with E-state index >= 15 is 0 Å². The van der Waals surface area contributed by atoms with Gasteiger partial charge in [0.2, 0.25) is 0 Å². The smallest absolute Gasteiger partial charge is 0.0483 e. The highest BCUT2D eigenvalue weighted by Crippen LogP contribution is 2.22. The zero-order valence-electron chi connectivity index (χ0n) is 11.1. The lowest BCUT2D eigenvalue weighted by Gasteiger charge is -2.07. The van der Waals surface area contributed by atoms with Gasteiger partial charge in [-0.1, -0.05) is 25.1 Å². The van der Waals surface area contributed by atoms with Crippen LogP contribution in [0.15, 0.2) is 30.5 Å². The van der Waals surface area contributed by atoms with E-state index in [0.29, 0.717) is 0 Å². The fraction of sp³-hybridized carbons (Fsp3) is 0.467. The van der Waals surface area contributed by atoms with Gasteiger partial charge in [0.1, 0.15) is 0 Å². The molecule has 0 saturated heterocycles. The van der Waals surface area contributed by atoms with E-state index in [1.807, 2.05) is 0 Å². The van der Waals surface area contributed by atoms with Crippen LogP contribution in [0.25, 0.3) is 10.9 Å².